The summed E-state index contributed by atoms with van der Waals surface area (Å²) < 4.78 is 1.15. The number of aryl methyl sites for hydroxylation is 1. The lowest BCUT2D eigenvalue weighted by atomic mass is 10.0. The Morgan fingerprint density at radius 3 is 2.35 bits per heavy atom. The zero-order valence-corrected chi connectivity index (χ0v) is 14.0. The fourth-order valence-electron chi connectivity index (χ4n) is 2.47. The average Bonchev–Trinajstić information content (AvgIpc) is 3.06. The first-order valence-electron chi connectivity index (χ1n) is 7.90. The molecule has 9 nitrogen and oxygen atoms in total. The van der Waals surface area contributed by atoms with E-state index in [0.29, 0.717) is 0 Å². The minimum absolute atomic E-state index is 0.0837. The highest BCUT2D eigenvalue weighted by Gasteiger charge is 2.29. The summed E-state index contributed by atoms with van der Waals surface area (Å²) in [7, 11) is 0. The zero-order valence-electron chi connectivity index (χ0n) is 14.0. The molecular formula is C17H19N3O6. The summed E-state index contributed by atoms with van der Waals surface area (Å²) in [4.78, 5) is 34.7. The van der Waals surface area contributed by atoms with Gasteiger partial charge in [0.25, 0.3) is 5.91 Å². The van der Waals surface area contributed by atoms with E-state index in [-0.39, 0.29) is 24.4 Å². The van der Waals surface area contributed by atoms with Gasteiger partial charge in [0.2, 0.25) is 0 Å². The van der Waals surface area contributed by atoms with Crippen LogP contribution in [0.2, 0.25) is 0 Å². The van der Waals surface area contributed by atoms with E-state index in [1.165, 1.54) is 0 Å². The number of carboxylic acids is 2. The van der Waals surface area contributed by atoms with E-state index in [1.54, 1.807) is 37.3 Å². The summed E-state index contributed by atoms with van der Waals surface area (Å²) >= 11 is 0. The number of nitrogens with zero attached hydrogens (tertiary/aromatic N) is 2. The van der Waals surface area contributed by atoms with Gasteiger partial charge in [0, 0.05) is 12.6 Å². The summed E-state index contributed by atoms with van der Waals surface area (Å²) in [5, 5.41) is 34.4. The molecular weight excluding hydrogens is 342 g/mol. The minimum Gasteiger partial charge on any atom is -0.479 e. The third kappa shape index (κ3) is 4.45. The van der Waals surface area contributed by atoms with Gasteiger partial charge >= 0.3 is 11.9 Å². The van der Waals surface area contributed by atoms with Crippen molar-refractivity contribution >= 4 is 17.8 Å². The lowest BCUT2D eigenvalue weighted by molar-refractivity contribution is -0.148. The first-order chi connectivity index (χ1) is 12.3. The van der Waals surface area contributed by atoms with E-state index in [0.717, 1.165) is 16.3 Å². The number of aromatic carboxylic acids is 1. The van der Waals surface area contributed by atoms with Gasteiger partial charge in [0.05, 0.1) is 6.04 Å². The maximum atomic E-state index is 12.4. The Hall–Kier alpha value is -3.20. The van der Waals surface area contributed by atoms with Gasteiger partial charge in [0.15, 0.2) is 11.8 Å². The summed E-state index contributed by atoms with van der Waals surface area (Å²) in [5.74, 6) is -3.47. The Labute approximate surface area is 148 Å². The van der Waals surface area contributed by atoms with Crippen molar-refractivity contribution in [1.82, 2.24) is 15.1 Å². The van der Waals surface area contributed by atoms with Crippen LogP contribution in [0.15, 0.2) is 36.4 Å². The number of carbonyl (C=O) groups is 3. The van der Waals surface area contributed by atoms with Crippen molar-refractivity contribution in [2.24, 2.45) is 0 Å². The van der Waals surface area contributed by atoms with Crippen LogP contribution >= 0.6 is 0 Å². The summed E-state index contributed by atoms with van der Waals surface area (Å²) in [6.45, 7) is 1.92. The highest BCUT2D eigenvalue weighted by atomic mass is 16.4. The van der Waals surface area contributed by atoms with Crippen LogP contribution in [0.5, 0.6) is 0 Å². The second-order valence-electron chi connectivity index (χ2n) is 5.59. The van der Waals surface area contributed by atoms with Gasteiger partial charge in [-0.3, -0.25) is 9.48 Å². The first kappa shape index (κ1) is 19.1. The number of rotatable bonds is 8. The molecule has 2 rings (SSSR count). The van der Waals surface area contributed by atoms with E-state index in [2.05, 4.69) is 10.4 Å². The van der Waals surface area contributed by atoms with Gasteiger partial charge < -0.3 is 20.6 Å². The number of aromatic nitrogens is 2. The van der Waals surface area contributed by atoms with Crippen LogP contribution in [0.25, 0.3) is 0 Å². The number of aliphatic hydroxyl groups excluding tert-OH is 1. The largest absolute Gasteiger partial charge is 0.479 e. The molecule has 0 aliphatic rings. The van der Waals surface area contributed by atoms with Crippen LogP contribution in [0.4, 0.5) is 0 Å². The molecule has 0 aliphatic carbocycles. The number of hydrogen-bond acceptors (Lipinski definition) is 5. The van der Waals surface area contributed by atoms with E-state index in [4.69, 9.17) is 10.2 Å². The van der Waals surface area contributed by atoms with Crippen LogP contribution in [0, 0.1) is 0 Å². The van der Waals surface area contributed by atoms with Crippen molar-refractivity contribution in [2.45, 2.75) is 32.0 Å². The lowest BCUT2D eigenvalue weighted by Crippen LogP contribution is -2.48. The van der Waals surface area contributed by atoms with Gasteiger partial charge in [-0.25, -0.2) is 9.59 Å². The fraction of sp³-hybridized carbons (Fsp3) is 0.294. The molecule has 9 heteroatoms. The smallest absolute Gasteiger partial charge is 0.354 e. The molecule has 2 atom stereocenters. The lowest BCUT2D eigenvalue weighted by Gasteiger charge is -2.21. The Morgan fingerprint density at radius 2 is 1.85 bits per heavy atom. The number of aliphatic hydroxyl groups is 1. The topological polar surface area (TPSA) is 142 Å². The molecule has 0 bridgehead atoms. The van der Waals surface area contributed by atoms with Crippen LogP contribution < -0.4 is 5.32 Å². The number of carbonyl (C=O) groups excluding carboxylic acids is 1. The second kappa shape index (κ2) is 8.26. The molecule has 0 saturated carbocycles. The van der Waals surface area contributed by atoms with Crippen molar-refractivity contribution in [3.63, 3.8) is 0 Å². The van der Waals surface area contributed by atoms with Crippen LogP contribution in [-0.2, 0) is 17.8 Å². The van der Waals surface area contributed by atoms with E-state index in [9.17, 15) is 19.5 Å². The molecule has 2 unspecified atom stereocenters. The molecule has 0 saturated heterocycles. The highest BCUT2D eigenvalue weighted by Crippen LogP contribution is 2.10. The monoisotopic (exact) mass is 361 g/mol. The Morgan fingerprint density at radius 1 is 1.19 bits per heavy atom. The summed E-state index contributed by atoms with van der Waals surface area (Å²) in [5.41, 5.74) is 0.402. The Kier molecular flexibility index (Phi) is 6.07. The van der Waals surface area contributed by atoms with E-state index < -0.39 is 30.0 Å². The number of carboxylic acid groups (broad SMARTS) is 2. The van der Waals surface area contributed by atoms with Gasteiger partial charge in [-0.05, 0) is 18.9 Å². The quantitative estimate of drug-likeness (QED) is 0.533. The second-order valence-corrected chi connectivity index (χ2v) is 5.59. The maximum Gasteiger partial charge on any atom is 0.354 e. The van der Waals surface area contributed by atoms with Crippen molar-refractivity contribution < 1.29 is 29.7 Å². The molecule has 0 radical (unpaired) electrons. The number of hydrogen-bond donors (Lipinski definition) is 4. The van der Waals surface area contributed by atoms with Gasteiger partial charge in [0.1, 0.15) is 5.69 Å². The van der Waals surface area contributed by atoms with E-state index >= 15 is 0 Å². The van der Waals surface area contributed by atoms with Crippen molar-refractivity contribution in [1.29, 1.82) is 0 Å². The number of amides is 1. The molecule has 0 fully saturated rings. The van der Waals surface area contributed by atoms with E-state index in [1.807, 2.05) is 0 Å². The van der Waals surface area contributed by atoms with Crippen LogP contribution in [-0.4, -0.2) is 55.1 Å². The molecule has 0 spiro atoms. The highest BCUT2D eigenvalue weighted by molar-refractivity contribution is 5.96. The zero-order chi connectivity index (χ0) is 19.3. The minimum atomic E-state index is -1.83. The van der Waals surface area contributed by atoms with Crippen LogP contribution in [0.3, 0.4) is 0 Å². The van der Waals surface area contributed by atoms with Crippen molar-refractivity contribution in [2.75, 3.05) is 0 Å². The van der Waals surface area contributed by atoms with Crippen molar-refractivity contribution in [3.05, 3.63) is 53.3 Å². The number of aliphatic carboxylic acids is 1. The van der Waals surface area contributed by atoms with Crippen LogP contribution in [0.1, 0.15) is 33.5 Å². The fourth-order valence-corrected chi connectivity index (χ4v) is 2.47. The molecule has 4 N–H and O–H groups in total. The third-order valence-electron chi connectivity index (χ3n) is 3.78. The Balaban J connectivity index is 2.23. The Bertz CT molecular complexity index is 802. The molecule has 1 aromatic heterocycles. The molecule has 1 aromatic carbocycles. The van der Waals surface area contributed by atoms with Crippen molar-refractivity contribution in [3.8, 4) is 0 Å². The molecule has 2 aromatic rings. The molecule has 1 heterocycles. The predicted octanol–water partition coefficient (Wildman–Crippen LogP) is 0.388. The maximum absolute atomic E-state index is 12.4. The third-order valence-corrected chi connectivity index (χ3v) is 3.78. The van der Waals surface area contributed by atoms with Gasteiger partial charge in [-0.15, -0.1) is 0 Å². The SMILES string of the molecule is CCn1nc(C(=O)NC(Cc2ccccc2)C(O)C(=O)O)cc1C(=O)O. The summed E-state index contributed by atoms with van der Waals surface area (Å²) in [6.07, 6.45) is -1.74. The first-order valence-corrected chi connectivity index (χ1v) is 7.90. The molecule has 26 heavy (non-hydrogen) atoms. The average molecular weight is 361 g/mol. The normalized spacial score (nSPS) is 13.0. The molecule has 0 aliphatic heterocycles. The van der Waals surface area contributed by atoms with Gasteiger partial charge in [-0.2, -0.15) is 5.10 Å². The molecule has 1 amide bonds. The van der Waals surface area contributed by atoms with Gasteiger partial charge in [-0.1, -0.05) is 30.3 Å². The number of benzene rings is 1. The molecule has 138 valence electrons. The summed E-state index contributed by atoms with van der Waals surface area (Å²) in [6, 6.07) is 8.77. The standard InChI is InChI=1S/C17H19N3O6/c1-2-20-13(16(23)24)9-12(19-20)15(22)18-11(14(21)17(25)26)8-10-6-4-3-5-7-10/h3-7,9,11,14,21H,2,8H2,1H3,(H,18,22)(H,23,24)(H,25,26). The predicted molar refractivity (Wildman–Crippen MR) is 89.9 cm³/mol. The number of nitrogens with one attached hydrogen (secondary N) is 1.